The van der Waals surface area contributed by atoms with Crippen LogP contribution in [0.4, 0.5) is 5.69 Å². The molecule has 1 aromatic carbocycles. The van der Waals surface area contributed by atoms with E-state index in [1.54, 1.807) is 30.2 Å². The molecule has 2 aliphatic heterocycles. The number of thioether (sulfide) groups is 1. The summed E-state index contributed by atoms with van der Waals surface area (Å²) in [6.45, 7) is 1.27. The number of carbonyl (C=O) groups is 2. The van der Waals surface area contributed by atoms with Crippen molar-refractivity contribution in [2.45, 2.75) is 11.7 Å². The van der Waals surface area contributed by atoms with Gasteiger partial charge >= 0.3 is 0 Å². The van der Waals surface area contributed by atoms with E-state index in [9.17, 15) is 9.59 Å². The summed E-state index contributed by atoms with van der Waals surface area (Å²) in [7, 11) is 3.08. The van der Waals surface area contributed by atoms with E-state index in [0.29, 0.717) is 30.3 Å². The van der Waals surface area contributed by atoms with E-state index in [4.69, 9.17) is 9.47 Å². The zero-order chi connectivity index (χ0) is 16.4. The quantitative estimate of drug-likeness (QED) is 0.878. The molecule has 7 nitrogen and oxygen atoms in total. The first-order chi connectivity index (χ1) is 11.1. The lowest BCUT2D eigenvalue weighted by Gasteiger charge is -2.12. The maximum absolute atomic E-state index is 12.2. The van der Waals surface area contributed by atoms with Crippen LogP contribution in [0.3, 0.4) is 0 Å². The van der Waals surface area contributed by atoms with Gasteiger partial charge in [-0.1, -0.05) is 11.8 Å². The van der Waals surface area contributed by atoms with Gasteiger partial charge in [0.05, 0.1) is 20.8 Å². The molecule has 0 aliphatic carbocycles. The normalized spacial score (nSPS) is 19.4. The summed E-state index contributed by atoms with van der Waals surface area (Å²) in [6.07, 6.45) is 0.118. The van der Waals surface area contributed by atoms with E-state index in [0.717, 1.165) is 5.17 Å². The fourth-order valence-electron chi connectivity index (χ4n) is 2.51. The summed E-state index contributed by atoms with van der Waals surface area (Å²) in [5.74, 6) is 0.871. The first-order valence-electron chi connectivity index (χ1n) is 7.16. The predicted molar refractivity (Wildman–Crippen MR) is 88.2 cm³/mol. The van der Waals surface area contributed by atoms with Crippen LogP contribution >= 0.6 is 11.8 Å². The monoisotopic (exact) mass is 335 g/mol. The van der Waals surface area contributed by atoms with Crippen molar-refractivity contribution in [2.24, 2.45) is 4.99 Å². The lowest BCUT2D eigenvalue weighted by atomic mass is 10.2. The molecule has 0 saturated carbocycles. The van der Waals surface area contributed by atoms with Crippen LogP contribution in [0, 0.1) is 0 Å². The minimum absolute atomic E-state index is 0.0336. The molecule has 2 amide bonds. The summed E-state index contributed by atoms with van der Waals surface area (Å²) >= 11 is 1.36. The standard InChI is InChI=1S/C15H17N3O4S/c1-21-10-4-3-9(7-11(10)22-2)17-13(19)8-12-14(20)18-6-5-16-15(18)23-12/h3-4,7,12H,5-6,8H2,1-2H3,(H,17,19). The number of nitrogens with zero attached hydrogens (tertiary/aromatic N) is 2. The van der Waals surface area contributed by atoms with E-state index in [1.165, 1.54) is 18.9 Å². The fourth-order valence-corrected chi connectivity index (χ4v) is 3.70. The molecule has 122 valence electrons. The number of aliphatic imine (C=N–C) groups is 1. The van der Waals surface area contributed by atoms with E-state index in [2.05, 4.69) is 10.3 Å². The van der Waals surface area contributed by atoms with Crippen LogP contribution in [0.25, 0.3) is 0 Å². The van der Waals surface area contributed by atoms with Crippen LogP contribution in [0.2, 0.25) is 0 Å². The predicted octanol–water partition coefficient (Wildman–Crippen LogP) is 1.35. The van der Waals surface area contributed by atoms with Crippen molar-refractivity contribution >= 4 is 34.4 Å². The van der Waals surface area contributed by atoms with Gasteiger partial charge in [0.2, 0.25) is 11.8 Å². The largest absolute Gasteiger partial charge is 0.493 e. The number of amides is 2. The third-order valence-corrected chi connectivity index (χ3v) is 4.84. The van der Waals surface area contributed by atoms with Crippen molar-refractivity contribution < 1.29 is 19.1 Å². The Kier molecular flexibility index (Phi) is 4.42. The number of benzene rings is 1. The first kappa shape index (κ1) is 15.7. The topological polar surface area (TPSA) is 80.2 Å². The average molecular weight is 335 g/mol. The molecule has 23 heavy (non-hydrogen) atoms. The highest BCUT2D eigenvalue weighted by Gasteiger charge is 2.40. The number of nitrogens with one attached hydrogen (secondary N) is 1. The molecule has 1 fully saturated rings. The van der Waals surface area contributed by atoms with Crippen molar-refractivity contribution in [2.75, 3.05) is 32.6 Å². The molecule has 1 N–H and O–H groups in total. The number of anilines is 1. The van der Waals surface area contributed by atoms with Crippen molar-refractivity contribution in [3.05, 3.63) is 18.2 Å². The van der Waals surface area contributed by atoms with Crippen molar-refractivity contribution in [3.63, 3.8) is 0 Å². The molecular formula is C15H17N3O4S. The molecular weight excluding hydrogens is 318 g/mol. The summed E-state index contributed by atoms with van der Waals surface area (Å²) in [5.41, 5.74) is 0.598. The van der Waals surface area contributed by atoms with E-state index in [-0.39, 0.29) is 18.2 Å². The van der Waals surface area contributed by atoms with Gasteiger partial charge in [-0.15, -0.1) is 0 Å². The minimum atomic E-state index is -0.394. The second-order valence-electron chi connectivity index (χ2n) is 5.08. The molecule has 1 aromatic rings. The number of amidine groups is 1. The molecule has 2 heterocycles. The number of hydrogen-bond acceptors (Lipinski definition) is 6. The second-order valence-corrected chi connectivity index (χ2v) is 6.25. The molecule has 8 heteroatoms. The molecule has 2 aliphatic rings. The van der Waals surface area contributed by atoms with Gasteiger partial charge < -0.3 is 14.8 Å². The van der Waals surface area contributed by atoms with E-state index < -0.39 is 5.25 Å². The Bertz CT molecular complexity index is 677. The van der Waals surface area contributed by atoms with Crippen LogP contribution in [-0.4, -0.2) is 54.4 Å². The lowest BCUT2D eigenvalue weighted by Crippen LogP contribution is -2.32. The molecule has 1 atom stereocenters. The van der Waals surface area contributed by atoms with Crippen molar-refractivity contribution in [3.8, 4) is 11.5 Å². The highest BCUT2D eigenvalue weighted by molar-refractivity contribution is 8.15. The Hall–Kier alpha value is -2.22. The van der Waals surface area contributed by atoms with Gasteiger partial charge in [0.25, 0.3) is 0 Å². The Morgan fingerprint density at radius 1 is 1.39 bits per heavy atom. The number of fused-ring (bicyclic) bond motifs is 1. The molecule has 1 unspecified atom stereocenters. The molecule has 0 aromatic heterocycles. The highest BCUT2D eigenvalue weighted by atomic mass is 32.2. The Morgan fingerprint density at radius 2 is 2.17 bits per heavy atom. The summed E-state index contributed by atoms with van der Waals surface area (Å²) in [6, 6.07) is 5.13. The maximum atomic E-state index is 12.2. The van der Waals surface area contributed by atoms with Crippen molar-refractivity contribution in [1.29, 1.82) is 0 Å². The maximum Gasteiger partial charge on any atom is 0.242 e. The summed E-state index contributed by atoms with van der Waals surface area (Å²) in [4.78, 5) is 30.3. The highest BCUT2D eigenvalue weighted by Crippen LogP contribution is 2.33. The Morgan fingerprint density at radius 3 is 2.87 bits per heavy atom. The molecule has 1 saturated heterocycles. The average Bonchev–Trinajstić information content (AvgIpc) is 3.11. The van der Waals surface area contributed by atoms with Gasteiger partial charge in [-0.2, -0.15) is 0 Å². The van der Waals surface area contributed by atoms with E-state index >= 15 is 0 Å². The number of methoxy groups -OCH3 is 2. The summed E-state index contributed by atoms with van der Waals surface area (Å²) in [5, 5.41) is 3.12. The number of hydrogen-bond donors (Lipinski definition) is 1. The molecule has 0 bridgehead atoms. The van der Waals surface area contributed by atoms with E-state index in [1.807, 2.05) is 0 Å². The lowest BCUT2D eigenvalue weighted by molar-refractivity contribution is -0.127. The zero-order valence-corrected chi connectivity index (χ0v) is 13.7. The third-order valence-electron chi connectivity index (χ3n) is 3.63. The zero-order valence-electron chi connectivity index (χ0n) is 12.9. The summed E-state index contributed by atoms with van der Waals surface area (Å²) < 4.78 is 10.4. The number of ether oxygens (including phenoxy) is 2. The molecule has 3 rings (SSSR count). The van der Waals surface area contributed by atoms with Crippen LogP contribution in [0.1, 0.15) is 6.42 Å². The van der Waals surface area contributed by atoms with Gasteiger partial charge in [-0.05, 0) is 12.1 Å². The van der Waals surface area contributed by atoms with Gasteiger partial charge in [-0.3, -0.25) is 19.5 Å². The van der Waals surface area contributed by atoms with Gasteiger partial charge in [0.15, 0.2) is 16.7 Å². The third kappa shape index (κ3) is 3.12. The van der Waals surface area contributed by atoms with Crippen LogP contribution in [0.15, 0.2) is 23.2 Å². The smallest absolute Gasteiger partial charge is 0.242 e. The number of rotatable bonds is 5. The Labute approximate surface area is 138 Å². The van der Waals surface area contributed by atoms with Gasteiger partial charge in [0, 0.05) is 24.7 Å². The number of carbonyl (C=O) groups excluding carboxylic acids is 2. The molecule has 0 spiro atoms. The molecule has 0 radical (unpaired) electrons. The van der Waals surface area contributed by atoms with Gasteiger partial charge in [-0.25, -0.2) is 0 Å². The van der Waals surface area contributed by atoms with Crippen LogP contribution in [0.5, 0.6) is 11.5 Å². The van der Waals surface area contributed by atoms with Crippen LogP contribution < -0.4 is 14.8 Å². The fraction of sp³-hybridized carbons (Fsp3) is 0.400. The Balaban J connectivity index is 1.63. The second kappa shape index (κ2) is 6.49. The van der Waals surface area contributed by atoms with Crippen molar-refractivity contribution in [1.82, 2.24) is 4.90 Å². The van der Waals surface area contributed by atoms with Crippen LogP contribution in [-0.2, 0) is 9.59 Å². The van der Waals surface area contributed by atoms with Gasteiger partial charge in [0.1, 0.15) is 5.25 Å². The SMILES string of the molecule is COc1ccc(NC(=O)CC2SC3=NCCN3C2=O)cc1OC. The minimum Gasteiger partial charge on any atom is -0.493 e. The first-order valence-corrected chi connectivity index (χ1v) is 8.04.